The standard InChI is InChI=1S/C21H19ClN2O3S/c22-11-14-17(21(26)27)24-19(25)16(23)20(24)28-18(14)15(12-7-3-1-4-8-12)13-9-5-2-6-10-13/h1-10,15-16,18,20H,11,23H2,(H,26,27)/t16?,18?,20-/m1/s1. The monoisotopic (exact) mass is 414 g/mol. The van der Waals surface area contributed by atoms with E-state index in [1.54, 1.807) is 0 Å². The smallest absolute Gasteiger partial charge is 0.352 e. The summed E-state index contributed by atoms with van der Waals surface area (Å²) in [6.07, 6.45) is 0. The van der Waals surface area contributed by atoms with Crippen molar-refractivity contribution in [2.45, 2.75) is 22.6 Å². The molecule has 2 aromatic carbocycles. The third-order valence-corrected chi connectivity index (χ3v) is 7.15. The second-order valence-corrected chi connectivity index (χ2v) is 8.32. The fraction of sp³-hybridized carbons (Fsp3) is 0.238. The number of nitrogens with zero attached hydrogens (tertiary/aromatic N) is 1. The van der Waals surface area contributed by atoms with E-state index in [1.165, 1.54) is 16.7 Å². The molecule has 1 fully saturated rings. The van der Waals surface area contributed by atoms with Gasteiger partial charge in [0.1, 0.15) is 17.1 Å². The van der Waals surface area contributed by atoms with Crippen molar-refractivity contribution in [3.8, 4) is 0 Å². The zero-order valence-corrected chi connectivity index (χ0v) is 16.4. The number of nitrogens with two attached hydrogens (primary N) is 1. The van der Waals surface area contributed by atoms with Gasteiger partial charge in [-0.25, -0.2) is 4.79 Å². The van der Waals surface area contributed by atoms with Crippen LogP contribution < -0.4 is 5.73 Å². The molecule has 4 rings (SSSR count). The van der Waals surface area contributed by atoms with Gasteiger partial charge < -0.3 is 10.8 Å². The van der Waals surface area contributed by atoms with Crippen molar-refractivity contribution in [1.29, 1.82) is 0 Å². The number of carbonyl (C=O) groups is 2. The van der Waals surface area contributed by atoms with Crippen LogP contribution in [-0.2, 0) is 9.59 Å². The average Bonchev–Trinajstić information content (AvgIpc) is 2.73. The van der Waals surface area contributed by atoms with Crippen molar-refractivity contribution in [1.82, 2.24) is 4.90 Å². The van der Waals surface area contributed by atoms with E-state index in [2.05, 4.69) is 0 Å². The van der Waals surface area contributed by atoms with E-state index in [0.29, 0.717) is 5.57 Å². The molecule has 144 valence electrons. The summed E-state index contributed by atoms with van der Waals surface area (Å²) < 4.78 is 0. The topological polar surface area (TPSA) is 83.6 Å². The molecule has 1 amide bonds. The first kappa shape index (κ1) is 19.1. The highest BCUT2D eigenvalue weighted by Gasteiger charge is 2.55. The normalized spacial score (nSPS) is 24.2. The Morgan fingerprint density at radius 1 is 1.11 bits per heavy atom. The number of hydrogen-bond donors (Lipinski definition) is 2. The highest BCUT2D eigenvalue weighted by Crippen LogP contribution is 2.50. The largest absolute Gasteiger partial charge is 0.477 e. The van der Waals surface area contributed by atoms with Crippen molar-refractivity contribution in [3.63, 3.8) is 0 Å². The van der Waals surface area contributed by atoms with Gasteiger partial charge in [-0.3, -0.25) is 9.69 Å². The lowest BCUT2D eigenvalue weighted by Crippen LogP contribution is -2.69. The summed E-state index contributed by atoms with van der Waals surface area (Å²) in [7, 11) is 0. The number of carbonyl (C=O) groups excluding carboxylic acids is 1. The molecular formula is C21H19ClN2O3S. The Morgan fingerprint density at radius 2 is 1.64 bits per heavy atom. The molecule has 7 heteroatoms. The summed E-state index contributed by atoms with van der Waals surface area (Å²) in [6, 6.07) is 19.2. The molecule has 2 unspecified atom stereocenters. The Kier molecular flexibility index (Phi) is 5.19. The van der Waals surface area contributed by atoms with Gasteiger partial charge in [-0.05, 0) is 16.7 Å². The van der Waals surface area contributed by atoms with Gasteiger partial charge in [0.25, 0.3) is 0 Å². The van der Waals surface area contributed by atoms with Gasteiger partial charge in [-0.2, -0.15) is 0 Å². The van der Waals surface area contributed by atoms with Gasteiger partial charge in [0, 0.05) is 17.0 Å². The first-order valence-electron chi connectivity index (χ1n) is 8.91. The predicted octanol–water partition coefficient (Wildman–Crippen LogP) is 3.01. The molecule has 5 nitrogen and oxygen atoms in total. The maximum Gasteiger partial charge on any atom is 0.352 e. The Bertz CT molecular complexity index is 896. The van der Waals surface area contributed by atoms with Crippen LogP contribution in [0.15, 0.2) is 71.9 Å². The SMILES string of the molecule is NC1C(=O)N2C(C(=O)O)=C(CCl)C(C(c3ccccc3)c3ccccc3)S[C@H]12. The Morgan fingerprint density at radius 3 is 2.11 bits per heavy atom. The summed E-state index contributed by atoms with van der Waals surface area (Å²) in [6.45, 7) is 0. The lowest BCUT2D eigenvalue weighted by atomic mass is 9.84. The van der Waals surface area contributed by atoms with Crippen molar-refractivity contribution in [3.05, 3.63) is 83.1 Å². The lowest BCUT2D eigenvalue weighted by molar-refractivity contribution is -0.148. The number of aliphatic carboxylic acids is 1. The van der Waals surface area contributed by atoms with Gasteiger partial charge >= 0.3 is 5.97 Å². The second kappa shape index (κ2) is 7.62. The fourth-order valence-electron chi connectivity index (χ4n) is 3.91. The van der Waals surface area contributed by atoms with Crippen LogP contribution in [-0.4, -0.2) is 44.4 Å². The summed E-state index contributed by atoms with van der Waals surface area (Å²) in [5.74, 6) is -1.60. The highest BCUT2D eigenvalue weighted by molar-refractivity contribution is 8.01. The molecule has 0 spiro atoms. The average molecular weight is 415 g/mol. The molecule has 3 atom stereocenters. The van der Waals surface area contributed by atoms with Crippen molar-refractivity contribution >= 4 is 35.2 Å². The zero-order valence-electron chi connectivity index (χ0n) is 14.9. The van der Waals surface area contributed by atoms with Gasteiger partial charge in [0.2, 0.25) is 5.91 Å². The van der Waals surface area contributed by atoms with Gasteiger partial charge in [0.05, 0.1) is 0 Å². The van der Waals surface area contributed by atoms with Gasteiger partial charge in [0.15, 0.2) is 0 Å². The van der Waals surface area contributed by atoms with Crippen molar-refractivity contribution < 1.29 is 14.7 Å². The summed E-state index contributed by atoms with van der Waals surface area (Å²) in [5.41, 5.74) is 8.66. The minimum atomic E-state index is -1.15. The molecule has 0 aromatic heterocycles. The molecule has 2 heterocycles. The Hall–Kier alpha value is -2.28. The van der Waals surface area contributed by atoms with Crippen LogP contribution in [0.5, 0.6) is 0 Å². The Balaban J connectivity index is 1.89. The minimum absolute atomic E-state index is 0.0210. The quantitative estimate of drug-likeness (QED) is 0.580. The third kappa shape index (κ3) is 3.02. The molecular weight excluding hydrogens is 396 g/mol. The Labute approximate surface area is 172 Å². The fourth-order valence-corrected chi connectivity index (χ4v) is 6.05. The van der Waals surface area contributed by atoms with Crippen LogP contribution in [0.3, 0.4) is 0 Å². The number of thioether (sulfide) groups is 1. The number of rotatable bonds is 5. The maximum atomic E-state index is 12.2. The number of hydrogen-bond acceptors (Lipinski definition) is 4. The maximum absolute atomic E-state index is 12.2. The van der Waals surface area contributed by atoms with Crippen molar-refractivity contribution in [2.24, 2.45) is 5.73 Å². The van der Waals surface area contributed by atoms with E-state index in [-0.39, 0.29) is 28.7 Å². The molecule has 0 radical (unpaired) electrons. The first-order chi connectivity index (χ1) is 13.5. The van der Waals surface area contributed by atoms with Crippen molar-refractivity contribution in [2.75, 3.05) is 5.88 Å². The molecule has 0 aliphatic carbocycles. The summed E-state index contributed by atoms with van der Waals surface area (Å²) in [5, 5.41) is 9.21. The first-order valence-corrected chi connectivity index (χ1v) is 10.4. The van der Waals surface area contributed by atoms with E-state index in [4.69, 9.17) is 17.3 Å². The number of amides is 1. The minimum Gasteiger partial charge on any atom is -0.477 e. The van der Waals surface area contributed by atoms with Crippen LogP contribution in [0.2, 0.25) is 0 Å². The van der Waals surface area contributed by atoms with E-state index in [0.717, 1.165) is 11.1 Å². The summed E-state index contributed by atoms with van der Waals surface area (Å²) >= 11 is 7.77. The molecule has 2 aliphatic heterocycles. The predicted molar refractivity (Wildman–Crippen MR) is 110 cm³/mol. The van der Waals surface area contributed by atoms with Crippen LogP contribution in [0.25, 0.3) is 0 Å². The number of β-lactam (4-membered cyclic amide) rings is 1. The number of halogens is 1. The number of benzene rings is 2. The second-order valence-electron chi connectivity index (χ2n) is 6.79. The molecule has 2 aliphatic rings. The molecule has 2 aromatic rings. The lowest BCUT2D eigenvalue weighted by Gasteiger charge is -2.51. The molecule has 1 saturated heterocycles. The number of alkyl halides is 1. The van der Waals surface area contributed by atoms with Crippen LogP contribution >= 0.6 is 23.4 Å². The summed E-state index contributed by atoms with van der Waals surface area (Å²) in [4.78, 5) is 25.6. The van der Waals surface area contributed by atoms with Crippen LogP contribution in [0.1, 0.15) is 17.0 Å². The molecule has 0 bridgehead atoms. The third-order valence-electron chi connectivity index (χ3n) is 5.23. The van der Waals surface area contributed by atoms with E-state index in [1.807, 2.05) is 60.7 Å². The van der Waals surface area contributed by atoms with Gasteiger partial charge in [-0.15, -0.1) is 23.4 Å². The van der Waals surface area contributed by atoms with E-state index in [9.17, 15) is 14.7 Å². The molecule has 0 saturated carbocycles. The van der Waals surface area contributed by atoms with Gasteiger partial charge in [-0.1, -0.05) is 60.7 Å². The molecule has 3 N–H and O–H groups in total. The van der Waals surface area contributed by atoms with E-state index >= 15 is 0 Å². The number of fused-ring (bicyclic) bond motifs is 1. The number of carboxylic acid groups (broad SMARTS) is 1. The highest BCUT2D eigenvalue weighted by atomic mass is 35.5. The van der Waals surface area contributed by atoms with E-state index < -0.39 is 17.4 Å². The zero-order chi connectivity index (χ0) is 19.8. The van der Waals surface area contributed by atoms with Crippen LogP contribution in [0.4, 0.5) is 0 Å². The number of carboxylic acids is 1. The van der Waals surface area contributed by atoms with Crippen LogP contribution in [0, 0.1) is 0 Å². The molecule has 28 heavy (non-hydrogen) atoms.